The lowest BCUT2D eigenvalue weighted by atomic mass is 9.86. The number of benzene rings is 1. The fourth-order valence-electron chi connectivity index (χ4n) is 4.58. The minimum Gasteiger partial charge on any atom is -0.507 e. The van der Waals surface area contributed by atoms with Crippen molar-refractivity contribution in [3.8, 4) is 17.1 Å². The van der Waals surface area contributed by atoms with Crippen LogP contribution in [0.5, 0.6) is 5.75 Å². The Morgan fingerprint density at radius 3 is 2.77 bits per heavy atom. The number of esters is 1. The Kier molecular flexibility index (Phi) is 4.02. The van der Waals surface area contributed by atoms with Crippen LogP contribution in [0.3, 0.4) is 0 Å². The van der Waals surface area contributed by atoms with E-state index >= 15 is 0 Å². The number of phenolic OH excluding ortho intramolecular Hbond substituents is 1. The molecule has 0 bridgehead atoms. The molecule has 5 rings (SSSR count). The number of ether oxygens (including phenoxy) is 1. The summed E-state index contributed by atoms with van der Waals surface area (Å²) in [5.74, 6) is -0.580. The third-order valence-electron chi connectivity index (χ3n) is 6.26. The Morgan fingerprint density at radius 2 is 2.03 bits per heavy atom. The number of carbonyl (C=O) groups excluding carboxylic acids is 1. The van der Waals surface area contributed by atoms with E-state index in [4.69, 9.17) is 9.72 Å². The van der Waals surface area contributed by atoms with E-state index in [1.807, 2.05) is 12.1 Å². The largest absolute Gasteiger partial charge is 0.507 e. The van der Waals surface area contributed by atoms with Crippen LogP contribution in [0.1, 0.15) is 48.9 Å². The maximum absolute atomic E-state index is 13.2. The SMILES string of the molecule is CCCc1ccc(O)c2cc3c(nc12)-c1cc2c(c(=O)n1C3)COC(=O)[C@]2(O)CC. The highest BCUT2D eigenvalue weighted by Crippen LogP contribution is 2.40. The van der Waals surface area contributed by atoms with Crippen LogP contribution in [0, 0.1) is 0 Å². The first kappa shape index (κ1) is 18.8. The van der Waals surface area contributed by atoms with Gasteiger partial charge >= 0.3 is 5.97 Å². The standard InChI is InChI=1S/C23H22N2O5/c1-3-5-12-6-7-18(26)14-8-13-10-25-17(20(13)24-19(12)14)9-16-15(21(25)27)11-30-22(28)23(16,29)4-2/h6-9,26,29H,3-5,10-11H2,1-2H3/t23-/m0/s1. The predicted octanol–water partition coefficient (Wildman–Crippen LogP) is 2.74. The topological polar surface area (TPSA) is 102 Å². The molecule has 30 heavy (non-hydrogen) atoms. The number of pyridine rings is 2. The number of aryl methyl sites for hydroxylation is 1. The fraction of sp³-hybridized carbons (Fsp3) is 0.348. The number of phenols is 1. The molecule has 0 saturated heterocycles. The minimum absolute atomic E-state index is 0.105. The van der Waals surface area contributed by atoms with Gasteiger partial charge in [0.05, 0.1) is 29.0 Å². The first-order chi connectivity index (χ1) is 14.4. The Bertz CT molecular complexity index is 1290. The fourth-order valence-corrected chi connectivity index (χ4v) is 4.58. The predicted molar refractivity (Wildman–Crippen MR) is 110 cm³/mol. The first-order valence-electron chi connectivity index (χ1n) is 10.2. The molecule has 154 valence electrons. The Labute approximate surface area is 172 Å². The number of nitrogens with zero attached hydrogens (tertiary/aromatic N) is 2. The normalized spacial score (nSPS) is 19.4. The lowest BCUT2D eigenvalue weighted by Gasteiger charge is -2.31. The van der Waals surface area contributed by atoms with Crippen LogP contribution in [0.2, 0.25) is 0 Å². The van der Waals surface area contributed by atoms with E-state index in [0.717, 1.165) is 24.0 Å². The molecule has 3 aromatic rings. The van der Waals surface area contributed by atoms with Gasteiger partial charge in [-0.15, -0.1) is 0 Å². The molecule has 0 radical (unpaired) electrons. The molecule has 2 N–H and O–H groups in total. The van der Waals surface area contributed by atoms with Crippen LogP contribution in [-0.4, -0.2) is 25.7 Å². The van der Waals surface area contributed by atoms with Crippen molar-refractivity contribution in [3.63, 3.8) is 0 Å². The third-order valence-corrected chi connectivity index (χ3v) is 6.26. The van der Waals surface area contributed by atoms with Gasteiger partial charge in [-0.1, -0.05) is 26.3 Å². The lowest BCUT2D eigenvalue weighted by molar-refractivity contribution is -0.172. The van der Waals surface area contributed by atoms with Crippen molar-refractivity contribution in [3.05, 3.63) is 56.9 Å². The molecule has 0 unspecified atom stereocenters. The zero-order valence-corrected chi connectivity index (χ0v) is 16.9. The van der Waals surface area contributed by atoms with Crippen molar-refractivity contribution < 1.29 is 19.7 Å². The van der Waals surface area contributed by atoms with Gasteiger partial charge in [-0.2, -0.15) is 0 Å². The summed E-state index contributed by atoms with van der Waals surface area (Å²) in [6.07, 6.45) is 1.86. The van der Waals surface area contributed by atoms with E-state index in [-0.39, 0.29) is 24.3 Å². The van der Waals surface area contributed by atoms with E-state index in [1.54, 1.807) is 23.6 Å². The Hall–Kier alpha value is -3.19. The average molecular weight is 406 g/mol. The maximum Gasteiger partial charge on any atom is 0.343 e. The van der Waals surface area contributed by atoms with Crippen molar-refractivity contribution in [2.75, 3.05) is 0 Å². The molecule has 0 aliphatic carbocycles. The first-order valence-corrected chi connectivity index (χ1v) is 10.2. The Morgan fingerprint density at radius 1 is 1.23 bits per heavy atom. The number of aromatic hydroxyl groups is 1. The van der Waals surface area contributed by atoms with Gasteiger partial charge in [0.15, 0.2) is 5.60 Å². The van der Waals surface area contributed by atoms with Crippen LogP contribution in [-0.2, 0) is 34.7 Å². The molecule has 0 saturated carbocycles. The van der Waals surface area contributed by atoms with Crippen molar-refractivity contribution in [1.82, 2.24) is 9.55 Å². The second-order valence-corrected chi connectivity index (χ2v) is 7.99. The highest BCUT2D eigenvalue weighted by molar-refractivity contribution is 5.91. The van der Waals surface area contributed by atoms with Gasteiger partial charge in [-0.3, -0.25) is 4.79 Å². The van der Waals surface area contributed by atoms with Crippen LogP contribution in [0.15, 0.2) is 29.1 Å². The maximum atomic E-state index is 13.2. The monoisotopic (exact) mass is 406 g/mol. The van der Waals surface area contributed by atoms with Gasteiger partial charge in [-0.05, 0) is 36.6 Å². The molecule has 0 amide bonds. The average Bonchev–Trinajstić information content (AvgIpc) is 3.10. The van der Waals surface area contributed by atoms with Crippen molar-refractivity contribution >= 4 is 16.9 Å². The smallest absolute Gasteiger partial charge is 0.343 e. The number of cyclic esters (lactones) is 1. The number of aromatic nitrogens is 2. The van der Waals surface area contributed by atoms with Gasteiger partial charge in [0.2, 0.25) is 0 Å². The van der Waals surface area contributed by atoms with Crippen LogP contribution in [0.4, 0.5) is 0 Å². The van der Waals surface area contributed by atoms with E-state index < -0.39 is 11.6 Å². The summed E-state index contributed by atoms with van der Waals surface area (Å²) in [6, 6.07) is 7.14. The summed E-state index contributed by atoms with van der Waals surface area (Å²) in [4.78, 5) is 30.3. The van der Waals surface area contributed by atoms with Crippen molar-refractivity contribution in [2.45, 2.75) is 51.9 Å². The van der Waals surface area contributed by atoms with E-state index in [1.165, 1.54) is 0 Å². The molecule has 2 aliphatic heterocycles. The summed E-state index contributed by atoms with van der Waals surface area (Å²) in [5.41, 5.74) is 2.24. The number of rotatable bonds is 3. The quantitative estimate of drug-likeness (QED) is 0.507. The van der Waals surface area contributed by atoms with E-state index in [9.17, 15) is 19.8 Å². The van der Waals surface area contributed by atoms with Gasteiger partial charge in [0.1, 0.15) is 12.4 Å². The molecule has 1 atom stereocenters. The van der Waals surface area contributed by atoms with E-state index in [2.05, 4.69) is 6.92 Å². The van der Waals surface area contributed by atoms with Crippen LogP contribution < -0.4 is 5.56 Å². The second-order valence-electron chi connectivity index (χ2n) is 7.99. The van der Waals surface area contributed by atoms with Gasteiger partial charge < -0.3 is 19.5 Å². The number of carbonyl (C=O) groups is 1. The zero-order chi connectivity index (χ0) is 21.2. The summed E-state index contributed by atoms with van der Waals surface area (Å²) < 4.78 is 6.70. The zero-order valence-electron chi connectivity index (χ0n) is 16.9. The molecule has 0 fully saturated rings. The molecule has 7 heteroatoms. The molecule has 0 spiro atoms. The number of hydrogen-bond donors (Lipinski definition) is 2. The van der Waals surface area contributed by atoms with Crippen LogP contribution in [0.25, 0.3) is 22.3 Å². The van der Waals surface area contributed by atoms with Crippen LogP contribution >= 0.6 is 0 Å². The Balaban J connectivity index is 1.80. The highest BCUT2D eigenvalue weighted by Gasteiger charge is 2.45. The molecular weight excluding hydrogens is 384 g/mol. The minimum atomic E-state index is -1.84. The summed E-state index contributed by atoms with van der Waals surface area (Å²) >= 11 is 0. The summed E-state index contributed by atoms with van der Waals surface area (Å²) in [7, 11) is 0. The van der Waals surface area contributed by atoms with E-state index in [0.29, 0.717) is 40.0 Å². The molecule has 2 aliphatic rings. The van der Waals surface area contributed by atoms with Gasteiger partial charge in [0.25, 0.3) is 5.56 Å². The number of hydrogen-bond acceptors (Lipinski definition) is 6. The van der Waals surface area contributed by atoms with Gasteiger partial charge in [-0.25, -0.2) is 9.78 Å². The second kappa shape index (κ2) is 6.40. The third kappa shape index (κ3) is 2.38. The molecular formula is C23H22N2O5. The highest BCUT2D eigenvalue weighted by atomic mass is 16.6. The number of fused-ring (bicyclic) bond motifs is 5. The molecule has 2 aromatic heterocycles. The molecule has 4 heterocycles. The lowest BCUT2D eigenvalue weighted by Crippen LogP contribution is -2.44. The van der Waals surface area contributed by atoms with Crippen molar-refractivity contribution in [1.29, 1.82) is 0 Å². The molecule has 7 nitrogen and oxygen atoms in total. The molecule has 1 aromatic carbocycles. The number of aliphatic hydroxyl groups is 1. The van der Waals surface area contributed by atoms with Crippen molar-refractivity contribution in [2.24, 2.45) is 0 Å². The summed E-state index contributed by atoms with van der Waals surface area (Å²) in [5, 5.41) is 22.0. The summed E-state index contributed by atoms with van der Waals surface area (Å²) in [6.45, 7) is 3.93. The van der Waals surface area contributed by atoms with Gasteiger partial charge in [0, 0.05) is 16.5 Å².